The number of ether oxygens (including phenoxy) is 1. The van der Waals surface area contributed by atoms with Crippen LogP contribution < -0.4 is 4.90 Å². The zero-order valence-electron chi connectivity index (χ0n) is 18.4. The molecule has 3 aromatic rings. The van der Waals surface area contributed by atoms with Gasteiger partial charge in [-0.3, -0.25) is 9.69 Å². The van der Waals surface area contributed by atoms with Gasteiger partial charge >= 0.3 is 0 Å². The fraction of sp³-hybridized carbons (Fsp3) is 0.400. The van der Waals surface area contributed by atoms with Gasteiger partial charge in [-0.25, -0.2) is 9.97 Å². The van der Waals surface area contributed by atoms with Crippen molar-refractivity contribution in [2.45, 2.75) is 36.6 Å². The molecular weight excluding hydrogens is 420 g/mol. The van der Waals surface area contributed by atoms with E-state index in [1.54, 1.807) is 11.8 Å². The molecule has 166 valence electrons. The highest BCUT2D eigenvalue weighted by atomic mass is 32.2. The molecule has 2 aliphatic rings. The number of aromatic nitrogens is 2. The van der Waals surface area contributed by atoms with Crippen molar-refractivity contribution in [2.24, 2.45) is 0 Å². The Labute approximate surface area is 193 Å². The number of hydrogen-bond donors (Lipinski definition) is 0. The molecule has 5 rings (SSSR count). The van der Waals surface area contributed by atoms with Crippen LogP contribution in [0.4, 0.5) is 5.69 Å². The fourth-order valence-electron chi connectivity index (χ4n) is 4.41. The average Bonchev–Trinajstić information content (AvgIpc) is 2.84. The summed E-state index contributed by atoms with van der Waals surface area (Å²) in [4.78, 5) is 27.4. The molecule has 1 aromatic heterocycles. The number of anilines is 1. The Kier molecular flexibility index (Phi) is 6.39. The smallest absolute Gasteiger partial charge is 0.240 e. The van der Waals surface area contributed by atoms with E-state index in [1.165, 1.54) is 5.56 Å². The van der Waals surface area contributed by atoms with Gasteiger partial charge in [-0.1, -0.05) is 48.2 Å². The van der Waals surface area contributed by atoms with E-state index in [0.717, 1.165) is 73.1 Å². The number of rotatable bonds is 5. The number of aryl methyl sites for hydroxylation is 1. The van der Waals surface area contributed by atoms with Gasteiger partial charge in [0.25, 0.3) is 0 Å². The molecule has 1 saturated heterocycles. The maximum Gasteiger partial charge on any atom is 0.240 e. The monoisotopic (exact) mass is 448 g/mol. The zero-order chi connectivity index (χ0) is 21.9. The minimum atomic E-state index is -0.240. The van der Waals surface area contributed by atoms with Crippen LogP contribution in [0.5, 0.6) is 0 Å². The lowest BCUT2D eigenvalue weighted by Gasteiger charge is -2.31. The van der Waals surface area contributed by atoms with Crippen LogP contribution in [0, 0.1) is 0 Å². The molecule has 2 aromatic carbocycles. The largest absolute Gasteiger partial charge is 0.379 e. The Hall–Kier alpha value is -2.48. The summed E-state index contributed by atoms with van der Waals surface area (Å²) >= 11 is 1.54. The number of carbonyl (C=O) groups is 1. The third-order valence-corrected chi connectivity index (χ3v) is 7.19. The first kappa shape index (κ1) is 21.4. The maximum atomic E-state index is 13.4. The fourth-order valence-corrected chi connectivity index (χ4v) is 5.43. The minimum absolute atomic E-state index is 0.138. The molecule has 1 fully saturated rings. The first-order valence-electron chi connectivity index (χ1n) is 11.3. The Balaban J connectivity index is 1.40. The van der Waals surface area contributed by atoms with Crippen molar-refractivity contribution in [3.8, 4) is 0 Å². The predicted octanol–water partition coefficient (Wildman–Crippen LogP) is 3.92. The zero-order valence-corrected chi connectivity index (χ0v) is 19.2. The van der Waals surface area contributed by atoms with Crippen LogP contribution in [0.1, 0.15) is 24.7 Å². The van der Waals surface area contributed by atoms with Crippen LogP contribution in [0.15, 0.2) is 53.6 Å². The SMILES string of the molecule is C[C@H](Sc1nc(CN2CCOCC2)nc2ccccc12)C(=O)N1CCCc2ccccc21. The van der Waals surface area contributed by atoms with Gasteiger partial charge < -0.3 is 9.64 Å². The molecule has 0 N–H and O–H groups in total. The molecule has 2 aliphatic heterocycles. The number of amides is 1. The Bertz CT molecular complexity index is 1120. The maximum absolute atomic E-state index is 13.4. The van der Waals surface area contributed by atoms with Crippen molar-refractivity contribution in [3.05, 3.63) is 59.9 Å². The summed E-state index contributed by atoms with van der Waals surface area (Å²) in [5, 5.41) is 1.64. The molecular formula is C25H28N4O2S. The van der Waals surface area contributed by atoms with E-state index < -0.39 is 0 Å². The number of fused-ring (bicyclic) bond motifs is 2. The summed E-state index contributed by atoms with van der Waals surface area (Å²) in [5.41, 5.74) is 3.23. The van der Waals surface area contributed by atoms with Crippen molar-refractivity contribution in [1.82, 2.24) is 14.9 Å². The normalized spacial score (nSPS) is 17.8. The molecule has 32 heavy (non-hydrogen) atoms. The van der Waals surface area contributed by atoms with Crippen LogP contribution in [-0.4, -0.2) is 58.9 Å². The van der Waals surface area contributed by atoms with Crippen molar-refractivity contribution in [3.63, 3.8) is 0 Å². The molecule has 0 spiro atoms. The average molecular weight is 449 g/mol. The molecule has 3 heterocycles. The molecule has 0 saturated carbocycles. The van der Waals surface area contributed by atoms with E-state index >= 15 is 0 Å². The highest BCUT2D eigenvalue weighted by Gasteiger charge is 2.27. The van der Waals surface area contributed by atoms with E-state index in [-0.39, 0.29) is 11.2 Å². The summed E-state index contributed by atoms with van der Waals surface area (Å²) in [6.45, 7) is 6.74. The van der Waals surface area contributed by atoms with Gasteiger partial charge in [0.05, 0.1) is 30.5 Å². The molecule has 7 heteroatoms. The number of morpholine rings is 1. The number of benzene rings is 2. The van der Waals surface area contributed by atoms with Crippen molar-refractivity contribution in [2.75, 3.05) is 37.7 Å². The van der Waals surface area contributed by atoms with Crippen molar-refractivity contribution >= 4 is 34.3 Å². The topological polar surface area (TPSA) is 58.6 Å². The third kappa shape index (κ3) is 4.51. The van der Waals surface area contributed by atoms with Gasteiger partial charge in [-0.15, -0.1) is 0 Å². The van der Waals surface area contributed by atoms with Gasteiger partial charge in [0.1, 0.15) is 10.9 Å². The molecule has 0 radical (unpaired) electrons. The van der Waals surface area contributed by atoms with Gasteiger partial charge in [0.15, 0.2) is 0 Å². The molecule has 0 bridgehead atoms. The van der Waals surface area contributed by atoms with Crippen molar-refractivity contribution < 1.29 is 9.53 Å². The highest BCUT2D eigenvalue weighted by Crippen LogP contribution is 2.33. The van der Waals surface area contributed by atoms with Crippen LogP contribution in [0.3, 0.4) is 0 Å². The molecule has 0 aliphatic carbocycles. The minimum Gasteiger partial charge on any atom is -0.379 e. The lowest BCUT2D eigenvalue weighted by molar-refractivity contribution is -0.117. The quantitative estimate of drug-likeness (QED) is 0.436. The molecule has 6 nitrogen and oxygen atoms in total. The lowest BCUT2D eigenvalue weighted by Crippen LogP contribution is -2.40. The summed E-state index contributed by atoms with van der Waals surface area (Å²) in [6, 6.07) is 16.3. The first-order chi connectivity index (χ1) is 15.7. The van der Waals surface area contributed by atoms with Gasteiger partial charge in [-0.05, 0) is 37.5 Å². The van der Waals surface area contributed by atoms with E-state index in [0.29, 0.717) is 6.54 Å². The standard InChI is InChI=1S/C25H28N4O2S/c1-18(25(30)29-12-6-8-19-7-2-5-11-22(19)29)32-24-20-9-3-4-10-21(20)26-23(27-24)17-28-13-15-31-16-14-28/h2-5,7,9-11,18H,6,8,12-17H2,1H3/t18-/m0/s1. The highest BCUT2D eigenvalue weighted by molar-refractivity contribution is 8.00. The number of hydrogen-bond acceptors (Lipinski definition) is 6. The second kappa shape index (κ2) is 9.57. The third-order valence-electron chi connectivity index (χ3n) is 6.10. The number of carbonyl (C=O) groups excluding carboxylic acids is 1. The first-order valence-corrected chi connectivity index (χ1v) is 12.2. The second-order valence-corrected chi connectivity index (χ2v) is 9.66. The van der Waals surface area contributed by atoms with Gasteiger partial charge in [-0.2, -0.15) is 0 Å². The van der Waals surface area contributed by atoms with E-state index in [9.17, 15) is 4.79 Å². The van der Waals surface area contributed by atoms with E-state index in [2.05, 4.69) is 17.0 Å². The Morgan fingerprint density at radius 2 is 1.84 bits per heavy atom. The van der Waals surface area contributed by atoms with Crippen LogP contribution in [0.25, 0.3) is 10.9 Å². The molecule has 1 amide bonds. The van der Waals surface area contributed by atoms with Crippen LogP contribution >= 0.6 is 11.8 Å². The predicted molar refractivity (Wildman–Crippen MR) is 128 cm³/mol. The number of para-hydroxylation sites is 2. The van der Waals surface area contributed by atoms with Crippen molar-refractivity contribution in [1.29, 1.82) is 0 Å². The van der Waals surface area contributed by atoms with Gasteiger partial charge in [0.2, 0.25) is 5.91 Å². The molecule has 0 unspecified atom stereocenters. The molecule has 1 atom stereocenters. The summed E-state index contributed by atoms with van der Waals surface area (Å²) in [5.74, 6) is 0.940. The summed E-state index contributed by atoms with van der Waals surface area (Å²) in [7, 11) is 0. The summed E-state index contributed by atoms with van der Waals surface area (Å²) in [6.07, 6.45) is 2.03. The second-order valence-electron chi connectivity index (χ2n) is 8.33. The summed E-state index contributed by atoms with van der Waals surface area (Å²) < 4.78 is 5.46. The van der Waals surface area contributed by atoms with Gasteiger partial charge in [0, 0.05) is 30.7 Å². The van der Waals surface area contributed by atoms with Crippen LogP contribution in [-0.2, 0) is 22.5 Å². The lowest BCUT2D eigenvalue weighted by atomic mass is 10.0. The van der Waals surface area contributed by atoms with Crippen LogP contribution in [0.2, 0.25) is 0 Å². The Morgan fingerprint density at radius 3 is 2.72 bits per heavy atom. The Morgan fingerprint density at radius 1 is 1.06 bits per heavy atom. The number of thioether (sulfide) groups is 1. The van der Waals surface area contributed by atoms with E-state index in [4.69, 9.17) is 14.7 Å². The number of nitrogens with zero attached hydrogens (tertiary/aromatic N) is 4. The van der Waals surface area contributed by atoms with E-state index in [1.807, 2.05) is 48.2 Å².